The van der Waals surface area contributed by atoms with Gasteiger partial charge in [-0.05, 0) is 0 Å². The van der Waals surface area contributed by atoms with Crippen LogP contribution in [0, 0.1) is 0 Å². The summed E-state index contributed by atoms with van der Waals surface area (Å²) in [6.07, 6.45) is -0.824. The molecule has 2 aliphatic heterocycles. The number of nitrogens with zero attached hydrogens (tertiary/aromatic N) is 1. The normalized spacial score (nSPS) is 28.6. The molecule has 0 aliphatic carbocycles. The van der Waals surface area contributed by atoms with Crippen LogP contribution >= 0.6 is 11.8 Å². The average molecular weight is 246 g/mol. The number of aliphatic hydroxyl groups is 1. The highest BCUT2D eigenvalue weighted by molar-refractivity contribution is 7.99. The van der Waals surface area contributed by atoms with Crippen molar-refractivity contribution in [3.63, 3.8) is 0 Å². The van der Waals surface area contributed by atoms with Crippen LogP contribution in [0.4, 0.5) is 0 Å². The zero-order valence-electron chi connectivity index (χ0n) is 8.72. The van der Waals surface area contributed by atoms with Gasteiger partial charge in [0.05, 0.1) is 6.04 Å². The van der Waals surface area contributed by atoms with E-state index in [2.05, 4.69) is 5.32 Å². The predicted octanol–water partition coefficient (Wildman–Crippen LogP) is -0.910. The molecule has 0 aromatic heterocycles. The van der Waals surface area contributed by atoms with Crippen LogP contribution in [0.25, 0.3) is 0 Å². The second-order valence-electron chi connectivity index (χ2n) is 3.71. The Labute approximate surface area is 97.3 Å². The monoisotopic (exact) mass is 246 g/mol. The van der Waals surface area contributed by atoms with Crippen LogP contribution in [0.15, 0.2) is 0 Å². The highest BCUT2D eigenvalue weighted by Crippen LogP contribution is 2.17. The van der Waals surface area contributed by atoms with Crippen molar-refractivity contribution in [2.24, 2.45) is 0 Å². The van der Waals surface area contributed by atoms with Gasteiger partial charge in [0, 0.05) is 30.9 Å². The maximum Gasteiger partial charge on any atom is 0.254 e. The molecule has 2 amide bonds. The second kappa shape index (κ2) is 5.13. The third-order valence-electron chi connectivity index (χ3n) is 2.51. The third kappa shape index (κ3) is 2.54. The molecule has 7 heteroatoms. The molecule has 2 unspecified atom stereocenters. The van der Waals surface area contributed by atoms with Gasteiger partial charge in [0.25, 0.3) is 11.8 Å². The number of thioether (sulfide) groups is 1. The van der Waals surface area contributed by atoms with Gasteiger partial charge in [0.15, 0.2) is 6.29 Å². The summed E-state index contributed by atoms with van der Waals surface area (Å²) in [5, 5.41) is 13.5. The molecule has 2 rings (SSSR count). The average Bonchev–Trinajstić information content (AvgIpc) is 2.62. The summed E-state index contributed by atoms with van der Waals surface area (Å²) in [5.74, 6) is 0.933. The Hall–Kier alpha value is -0.630. The first kappa shape index (κ1) is 11.8. The Morgan fingerprint density at radius 3 is 2.69 bits per heavy atom. The fourth-order valence-electron chi connectivity index (χ4n) is 1.62. The van der Waals surface area contributed by atoms with Crippen LogP contribution in [-0.4, -0.2) is 52.4 Å². The summed E-state index contributed by atoms with van der Waals surface area (Å²) in [4.78, 5) is 27.5. The smallest absolute Gasteiger partial charge is 0.254 e. The van der Waals surface area contributed by atoms with E-state index in [4.69, 9.17) is 4.84 Å². The van der Waals surface area contributed by atoms with Crippen molar-refractivity contribution in [3.8, 4) is 0 Å². The van der Waals surface area contributed by atoms with E-state index in [0.29, 0.717) is 10.8 Å². The van der Waals surface area contributed by atoms with Crippen molar-refractivity contribution < 1.29 is 19.5 Å². The molecular weight excluding hydrogens is 232 g/mol. The highest BCUT2D eigenvalue weighted by atomic mass is 32.2. The number of carbonyl (C=O) groups is 2. The highest BCUT2D eigenvalue weighted by Gasteiger charge is 2.34. The van der Waals surface area contributed by atoms with Crippen molar-refractivity contribution in [2.75, 3.05) is 18.1 Å². The van der Waals surface area contributed by atoms with E-state index < -0.39 is 6.29 Å². The van der Waals surface area contributed by atoms with E-state index in [1.54, 1.807) is 11.8 Å². The standard InChI is InChI=1S/C9H14N2O4S/c12-7-1-2-8(13)11(7)15-9(14)6-5-16-4-3-10-6/h6,9-10,14H,1-5H2. The van der Waals surface area contributed by atoms with Crippen molar-refractivity contribution >= 4 is 23.6 Å². The summed E-state index contributed by atoms with van der Waals surface area (Å²) in [5.41, 5.74) is 0. The second-order valence-corrected chi connectivity index (χ2v) is 4.86. The molecule has 0 aromatic carbocycles. The molecule has 2 aliphatic rings. The molecule has 16 heavy (non-hydrogen) atoms. The summed E-state index contributed by atoms with van der Waals surface area (Å²) < 4.78 is 0. The van der Waals surface area contributed by atoms with E-state index in [-0.39, 0.29) is 30.7 Å². The molecule has 2 saturated heterocycles. The Kier molecular flexibility index (Phi) is 3.80. The van der Waals surface area contributed by atoms with Crippen LogP contribution in [0.1, 0.15) is 12.8 Å². The van der Waals surface area contributed by atoms with E-state index >= 15 is 0 Å². The van der Waals surface area contributed by atoms with Crippen LogP contribution in [0.2, 0.25) is 0 Å². The summed E-state index contributed by atoms with van der Waals surface area (Å²) in [7, 11) is 0. The van der Waals surface area contributed by atoms with E-state index in [1.165, 1.54) is 0 Å². The minimum atomic E-state index is -1.15. The predicted molar refractivity (Wildman–Crippen MR) is 57.3 cm³/mol. The zero-order chi connectivity index (χ0) is 11.5. The first-order valence-corrected chi connectivity index (χ1v) is 6.35. The molecule has 6 nitrogen and oxygen atoms in total. The number of rotatable bonds is 3. The largest absolute Gasteiger partial charge is 0.365 e. The van der Waals surface area contributed by atoms with Gasteiger partial charge in [-0.3, -0.25) is 9.59 Å². The lowest BCUT2D eigenvalue weighted by Crippen LogP contribution is -2.50. The number of hydrogen-bond donors (Lipinski definition) is 2. The number of amides is 2. The molecule has 2 heterocycles. The van der Waals surface area contributed by atoms with Crippen LogP contribution in [0.5, 0.6) is 0 Å². The lowest BCUT2D eigenvalue weighted by atomic mass is 10.3. The van der Waals surface area contributed by atoms with Crippen molar-refractivity contribution in [2.45, 2.75) is 25.2 Å². The van der Waals surface area contributed by atoms with Crippen LogP contribution in [-0.2, 0) is 14.4 Å². The van der Waals surface area contributed by atoms with Gasteiger partial charge in [0.2, 0.25) is 0 Å². The van der Waals surface area contributed by atoms with Gasteiger partial charge in [-0.1, -0.05) is 0 Å². The Bertz CT molecular complexity index is 277. The quantitative estimate of drug-likeness (QED) is 0.496. The van der Waals surface area contributed by atoms with Gasteiger partial charge in [0.1, 0.15) is 0 Å². The van der Waals surface area contributed by atoms with Crippen molar-refractivity contribution in [1.82, 2.24) is 10.4 Å². The first-order chi connectivity index (χ1) is 7.68. The maximum absolute atomic E-state index is 11.2. The zero-order valence-corrected chi connectivity index (χ0v) is 9.53. The lowest BCUT2D eigenvalue weighted by molar-refractivity contribution is -0.250. The molecule has 0 radical (unpaired) electrons. The van der Waals surface area contributed by atoms with Gasteiger partial charge in [-0.2, -0.15) is 16.8 Å². The molecule has 0 bridgehead atoms. The van der Waals surface area contributed by atoms with Crippen molar-refractivity contribution in [3.05, 3.63) is 0 Å². The minimum Gasteiger partial charge on any atom is -0.365 e. The molecular formula is C9H14N2O4S. The van der Waals surface area contributed by atoms with Gasteiger partial charge < -0.3 is 10.4 Å². The number of hydrogen-bond acceptors (Lipinski definition) is 6. The summed E-state index contributed by atoms with van der Waals surface area (Å²) in [6.45, 7) is 0.789. The Morgan fingerprint density at radius 1 is 1.44 bits per heavy atom. The number of hydroxylamine groups is 2. The van der Waals surface area contributed by atoms with Crippen LogP contribution in [0.3, 0.4) is 0 Å². The lowest BCUT2D eigenvalue weighted by Gasteiger charge is -2.28. The Morgan fingerprint density at radius 2 is 2.12 bits per heavy atom. The third-order valence-corrected chi connectivity index (χ3v) is 3.60. The van der Waals surface area contributed by atoms with Gasteiger partial charge in [-0.15, -0.1) is 0 Å². The van der Waals surface area contributed by atoms with Crippen LogP contribution < -0.4 is 5.32 Å². The Balaban J connectivity index is 1.88. The van der Waals surface area contributed by atoms with E-state index in [0.717, 1.165) is 12.3 Å². The van der Waals surface area contributed by atoms with Gasteiger partial charge >= 0.3 is 0 Å². The minimum absolute atomic E-state index is 0.165. The molecule has 2 fully saturated rings. The fourth-order valence-corrected chi connectivity index (χ4v) is 2.59. The SMILES string of the molecule is O=C1CCC(=O)N1OC(O)C1CSCCN1. The topological polar surface area (TPSA) is 78.9 Å². The number of imide groups is 1. The first-order valence-electron chi connectivity index (χ1n) is 5.20. The molecule has 0 aromatic rings. The summed E-state index contributed by atoms with van der Waals surface area (Å²) >= 11 is 1.70. The van der Waals surface area contributed by atoms with E-state index in [1.807, 2.05) is 0 Å². The molecule has 2 atom stereocenters. The number of aliphatic hydroxyl groups excluding tert-OH is 1. The number of nitrogens with one attached hydrogen (secondary N) is 1. The molecule has 2 N–H and O–H groups in total. The molecule has 0 spiro atoms. The number of carbonyl (C=O) groups excluding carboxylic acids is 2. The molecule has 0 saturated carbocycles. The van der Waals surface area contributed by atoms with Gasteiger partial charge in [-0.25, -0.2) is 4.84 Å². The van der Waals surface area contributed by atoms with E-state index in [9.17, 15) is 14.7 Å². The van der Waals surface area contributed by atoms with Crippen molar-refractivity contribution in [1.29, 1.82) is 0 Å². The summed E-state index contributed by atoms with van der Waals surface area (Å²) in [6, 6.07) is -0.236. The molecule has 90 valence electrons. The maximum atomic E-state index is 11.2. The fraction of sp³-hybridized carbons (Fsp3) is 0.778.